The fraction of sp³-hybridized carbons (Fsp3) is 0.600. The lowest BCUT2D eigenvalue weighted by atomic mass is 10.2. The van der Waals surface area contributed by atoms with E-state index in [-0.39, 0.29) is 18.8 Å². The summed E-state index contributed by atoms with van der Waals surface area (Å²) in [6.45, 7) is 1.47. The maximum atomic E-state index is 11.6. The molecule has 7 nitrogen and oxygen atoms in total. The number of hydrogen-bond acceptors (Lipinski definition) is 5. The number of ether oxygens (including phenoxy) is 2. The third-order valence-electron chi connectivity index (χ3n) is 3.12. The molecule has 2 saturated heterocycles. The van der Waals surface area contributed by atoms with Crippen molar-refractivity contribution in [3.63, 3.8) is 0 Å². The van der Waals surface area contributed by atoms with E-state index in [1.807, 2.05) is 0 Å². The van der Waals surface area contributed by atoms with Gasteiger partial charge in [0.15, 0.2) is 6.23 Å². The number of nitrogens with zero attached hydrogens (tertiary/aromatic N) is 1. The summed E-state index contributed by atoms with van der Waals surface area (Å²) in [7, 11) is 0. The summed E-state index contributed by atoms with van der Waals surface area (Å²) in [5, 5.41) is 9.05. The summed E-state index contributed by atoms with van der Waals surface area (Å²) in [4.78, 5) is 25.1. The van der Waals surface area contributed by atoms with Crippen molar-refractivity contribution in [3.8, 4) is 0 Å². The molecule has 2 aliphatic heterocycles. The molecule has 0 unspecified atom stereocenters. The normalized spacial score (nSPS) is 34.7. The second-order valence-electron chi connectivity index (χ2n) is 4.29. The van der Waals surface area contributed by atoms with Crippen LogP contribution in [0.3, 0.4) is 0 Å². The minimum absolute atomic E-state index is 0.144. The fourth-order valence-electron chi connectivity index (χ4n) is 2.14. The summed E-state index contributed by atoms with van der Waals surface area (Å²) < 4.78 is 12.1. The smallest absolute Gasteiger partial charge is 0.330 e. The van der Waals surface area contributed by atoms with Gasteiger partial charge in [0.25, 0.3) is 5.56 Å². The largest absolute Gasteiger partial charge is 0.394 e. The minimum atomic E-state index is -0.569. The molecule has 17 heavy (non-hydrogen) atoms. The molecule has 2 fully saturated rings. The molecule has 3 heterocycles. The number of hydrogen-bond donors (Lipinski definition) is 2. The molecule has 92 valence electrons. The molecule has 0 aliphatic carbocycles. The van der Waals surface area contributed by atoms with E-state index in [0.29, 0.717) is 5.56 Å². The highest BCUT2D eigenvalue weighted by molar-refractivity contribution is 5.06. The zero-order valence-corrected chi connectivity index (χ0v) is 9.12. The molecule has 1 aromatic heterocycles. The lowest BCUT2D eigenvalue weighted by Crippen LogP contribution is -2.35. The molecule has 2 N–H and O–H groups in total. The Hall–Kier alpha value is -1.44. The van der Waals surface area contributed by atoms with Crippen molar-refractivity contribution in [2.75, 3.05) is 6.61 Å². The van der Waals surface area contributed by atoms with Crippen molar-refractivity contribution in [3.05, 3.63) is 32.6 Å². The predicted octanol–water partition coefficient (Wildman–Crippen LogP) is -1.50. The van der Waals surface area contributed by atoms with Crippen molar-refractivity contribution >= 4 is 0 Å². The van der Waals surface area contributed by atoms with Gasteiger partial charge in [0.05, 0.1) is 6.61 Å². The van der Waals surface area contributed by atoms with Gasteiger partial charge in [-0.25, -0.2) is 4.79 Å². The van der Waals surface area contributed by atoms with Gasteiger partial charge in [-0.05, 0) is 6.92 Å². The van der Waals surface area contributed by atoms with Crippen molar-refractivity contribution in [1.29, 1.82) is 0 Å². The maximum absolute atomic E-state index is 11.6. The van der Waals surface area contributed by atoms with E-state index in [1.165, 1.54) is 10.8 Å². The van der Waals surface area contributed by atoms with Gasteiger partial charge in [0.2, 0.25) is 0 Å². The number of nitrogens with one attached hydrogen (secondary N) is 1. The first-order chi connectivity index (χ1) is 8.11. The maximum Gasteiger partial charge on any atom is 0.330 e. The molecule has 0 amide bonds. The van der Waals surface area contributed by atoms with Crippen molar-refractivity contribution in [1.82, 2.24) is 9.55 Å². The fourth-order valence-corrected chi connectivity index (χ4v) is 2.14. The summed E-state index contributed by atoms with van der Waals surface area (Å²) in [5.41, 5.74) is -0.507. The first-order valence-electron chi connectivity index (χ1n) is 5.35. The van der Waals surface area contributed by atoms with Crippen LogP contribution in [0.1, 0.15) is 11.8 Å². The van der Waals surface area contributed by atoms with Crippen LogP contribution in [0.25, 0.3) is 0 Å². The van der Waals surface area contributed by atoms with Crippen LogP contribution in [0.4, 0.5) is 0 Å². The average molecular weight is 240 g/mol. The molecule has 0 radical (unpaired) electrons. The van der Waals surface area contributed by atoms with Gasteiger partial charge in [-0.1, -0.05) is 0 Å². The number of epoxide rings is 1. The lowest BCUT2D eigenvalue weighted by molar-refractivity contribution is -0.0857. The number of aliphatic hydroxyl groups excluding tert-OH is 1. The molecular weight excluding hydrogens is 228 g/mol. The molecule has 0 aromatic carbocycles. The standard InChI is InChI=1S/C10H12N2O5/c1-4-2-12(10(15)11-8(4)14)9-7-6(17-7)5(3-13)16-9/h2,5-7,9,13H,3H2,1H3,(H,11,14,15)/t5-,6-,7+,9-/m0/s1. The molecular formula is C10H12N2O5. The van der Waals surface area contributed by atoms with Crippen LogP contribution in [0.2, 0.25) is 0 Å². The van der Waals surface area contributed by atoms with E-state index in [2.05, 4.69) is 4.98 Å². The van der Waals surface area contributed by atoms with Gasteiger partial charge in [-0.2, -0.15) is 0 Å². The zero-order valence-electron chi connectivity index (χ0n) is 9.12. The van der Waals surface area contributed by atoms with Gasteiger partial charge in [-0.15, -0.1) is 0 Å². The average Bonchev–Trinajstić information content (AvgIpc) is 3.00. The Morgan fingerprint density at radius 2 is 2.18 bits per heavy atom. The number of aliphatic hydroxyl groups is 1. The highest BCUT2D eigenvalue weighted by Crippen LogP contribution is 2.43. The van der Waals surface area contributed by atoms with Gasteiger partial charge >= 0.3 is 5.69 Å². The summed E-state index contributed by atoms with van der Waals surface area (Å²) in [5.74, 6) is 0. The highest BCUT2D eigenvalue weighted by atomic mass is 16.7. The van der Waals surface area contributed by atoms with Crippen molar-refractivity contribution in [2.45, 2.75) is 31.5 Å². The van der Waals surface area contributed by atoms with Gasteiger partial charge < -0.3 is 14.6 Å². The monoisotopic (exact) mass is 240 g/mol. The lowest BCUT2D eigenvalue weighted by Gasteiger charge is -2.18. The second-order valence-corrected chi connectivity index (χ2v) is 4.29. The zero-order chi connectivity index (χ0) is 12.2. The highest BCUT2D eigenvalue weighted by Gasteiger charge is 2.58. The first kappa shape index (κ1) is 10.7. The minimum Gasteiger partial charge on any atom is -0.394 e. The third-order valence-corrected chi connectivity index (χ3v) is 3.12. The number of rotatable bonds is 2. The summed E-state index contributed by atoms with van der Waals surface area (Å²) >= 11 is 0. The van der Waals surface area contributed by atoms with Crippen LogP contribution in [-0.4, -0.2) is 39.6 Å². The molecule has 0 bridgehead atoms. The van der Waals surface area contributed by atoms with E-state index >= 15 is 0 Å². The van der Waals surface area contributed by atoms with Crippen LogP contribution in [0.5, 0.6) is 0 Å². The van der Waals surface area contributed by atoms with Crippen LogP contribution >= 0.6 is 0 Å². The Bertz CT molecular complexity index is 563. The Morgan fingerprint density at radius 3 is 2.82 bits per heavy atom. The third kappa shape index (κ3) is 1.54. The molecule has 3 rings (SSSR count). The van der Waals surface area contributed by atoms with E-state index in [0.717, 1.165) is 0 Å². The van der Waals surface area contributed by atoms with Crippen molar-refractivity contribution < 1.29 is 14.6 Å². The Balaban J connectivity index is 1.98. The Morgan fingerprint density at radius 1 is 1.41 bits per heavy atom. The second kappa shape index (κ2) is 3.52. The summed E-state index contributed by atoms with van der Waals surface area (Å²) in [6.07, 6.45) is 0.119. The van der Waals surface area contributed by atoms with E-state index in [4.69, 9.17) is 14.6 Å². The summed E-state index contributed by atoms with van der Waals surface area (Å²) in [6, 6.07) is 0. The molecule has 4 atom stereocenters. The number of aromatic amines is 1. The number of fused-ring (bicyclic) bond motifs is 1. The topological polar surface area (TPSA) is 96.8 Å². The first-order valence-corrected chi connectivity index (χ1v) is 5.35. The SMILES string of the molecule is Cc1cn([C@H]2O[C@@H](CO)[C@@H]3O[C@H]32)c(=O)[nH]c1=O. The van der Waals surface area contributed by atoms with Gasteiger partial charge in [-0.3, -0.25) is 14.3 Å². The molecule has 1 aromatic rings. The molecule has 7 heteroatoms. The molecule has 0 spiro atoms. The van der Waals surface area contributed by atoms with Crippen LogP contribution in [0, 0.1) is 6.92 Å². The van der Waals surface area contributed by atoms with E-state index in [1.54, 1.807) is 6.92 Å². The predicted molar refractivity (Wildman–Crippen MR) is 55.7 cm³/mol. The van der Waals surface area contributed by atoms with Crippen LogP contribution in [-0.2, 0) is 9.47 Å². The Kier molecular flexibility index (Phi) is 2.22. The molecule has 2 aliphatic rings. The van der Waals surface area contributed by atoms with Crippen LogP contribution < -0.4 is 11.2 Å². The number of H-pyrrole nitrogens is 1. The quantitative estimate of drug-likeness (QED) is 0.613. The number of aryl methyl sites for hydroxylation is 1. The van der Waals surface area contributed by atoms with Gasteiger partial charge in [0.1, 0.15) is 18.3 Å². The molecule has 0 saturated carbocycles. The van der Waals surface area contributed by atoms with E-state index < -0.39 is 23.6 Å². The Labute approximate surface area is 95.6 Å². The van der Waals surface area contributed by atoms with Crippen molar-refractivity contribution in [2.24, 2.45) is 0 Å². The van der Waals surface area contributed by atoms with Crippen LogP contribution in [0.15, 0.2) is 15.8 Å². The van der Waals surface area contributed by atoms with E-state index in [9.17, 15) is 9.59 Å². The number of aromatic nitrogens is 2. The van der Waals surface area contributed by atoms with Gasteiger partial charge in [0, 0.05) is 11.8 Å².